The number of aliphatic hydroxyl groups is 1. The molecule has 1 aliphatic heterocycles. The molecule has 0 spiro atoms. The van der Waals surface area contributed by atoms with E-state index in [1.807, 2.05) is 78.9 Å². The van der Waals surface area contributed by atoms with Crippen LogP contribution in [0, 0.1) is 5.92 Å². The Bertz CT molecular complexity index is 1910. The van der Waals surface area contributed by atoms with Crippen molar-refractivity contribution in [2.45, 2.75) is 49.9 Å². The lowest BCUT2D eigenvalue weighted by atomic mass is 9.63. The number of nitrogen functional groups attached to an aromatic ring is 1. The molecule has 49 heavy (non-hydrogen) atoms. The summed E-state index contributed by atoms with van der Waals surface area (Å²) in [6.45, 7) is 3.48. The first-order valence-electron chi connectivity index (χ1n) is 15.8. The second-order valence-electron chi connectivity index (χ2n) is 12.1. The maximum absolute atomic E-state index is 13.8. The van der Waals surface area contributed by atoms with E-state index in [0.717, 1.165) is 16.7 Å². The van der Waals surface area contributed by atoms with Crippen molar-refractivity contribution in [1.82, 2.24) is 19.5 Å². The van der Waals surface area contributed by atoms with Gasteiger partial charge in [0.2, 0.25) is 5.95 Å². The number of imidazole rings is 1. The van der Waals surface area contributed by atoms with Crippen LogP contribution in [-0.4, -0.2) is 76.3 Å². The number of fused-ring (bicyclic) bond motifs is 1. The van der Waals surface area contributed by atoms with Gasteiger partial charge in [0.05, 0.1) is 31.9 Å². The maximum Gasteiger partial charge on any atom is 0.308 e. The summed E-state index contributed by atoms with van der Waals surface area (Å²) < 4.78 is 31.6. The number of H-pyrrole nitrogens is 1. The van der Waals surface area contributed by atoms with Gasteiger partial charge >= 0.3 is 5.97 Å². The predicted molar refractivity (Wildman–Crippen MR) is 180 cm³/mol. The van der Waals surface area contributed by atoms with Crippen molar-refractivity contribution in [3.05, 3.63) is 112 Å². The van der Waals surface area contributed by atoms with Crippen molar-refractivity contribution in [3.8, 4) is 11.5 Å². The Hall–Kier alpha value is -5.24. The quantitative estimate of drug-likeness (QED) is 0.139. The molecular formula is C36H39N5O8. The predicted octanol–water partition coefficient (Wildman–Crippen LogP) is 3.59. The number of carbonyl (C=O) groups excluding carboxylic acids is 1. The third-order valence-electron chi connectivity index (χ3n) is 9.01. The van der Waals surface area contributed by atoms with Crippen LogP contribution < -0.4 is 20.8 Å². The average Bonchev–Trinajstić information content (AvgIpc) is 3.69. The van der Waals surface area contributed by atoms with Crippen LogP contribution in [0.5, 0.6) is 11.5 Å². The molecule has 1 saturated heterocycles. The second-order valence-corrected chi connectivity index (χ2v) is 12.1. The summed E-state index contributed by atoms with van der Waals surface area (Å²) in [5, 5.41) is 12.2. The van der Waals surface area contributed by atoms with Gasteiger partial charge in [-0.15, -0.1) is 0 Å². The molecule has 13 heteroatoms. The summed E-state index contributed by atoms with van der Waals surface area (Å²) >= 11 is 0. The van der Waals surface area contributed by atoms with Crippen molar-refractivity contribution in [2.75, 3.05) is 27.1 Å². The van der Waals surface area contributed by atoms with Crippen LogP contribution in [0.1, 0.15) is 36.8 Å². The zero-order chi connectivity index (χ0) is 34.9. The highest BCUT2D eigenvalue weighted by Gasteiger charge is 2.58. The van der Waals surface area contributed by atoms with Gasteiger partial charge in [-0.05, 0) is 41.0 Å². The Labute approximate surface area is 282 Å². The molecule has 3 aromatic carbocycles. The Balaban J connectivity index is 1.62. The summed E-state index contributed by atoms with van der Waals surface area (Å²) in [6, 6.07) is 24.5. The first kappa shape index (κ1) is 33.7. The van der Waals surface area contributed by atoms with Crippen LogP contribution in [0.2, 0.25) is 0 Å². The van der Waals surface area contributed by atoms with E-state index >= 15 is 0 Å². The van der Waals surface area contributed by atoms with Crippen molar-refractivity contribution in [1.29, 1.82) is 0 Å². The molecule has 13 nitrogen and oxygen atoms in total. The third-order valence-corrected chi connectivity index (χ3v) is 9.01. The molecule has 2 aromatic heterocycles. The van der Waals surface area contributed by atoms with Crippen LogP contribution >= 0.6 is 0 Å². The van der Waals surface area contributed by atoms with Crippen LogP contribution in [0.15, 0.2) is 90.0 Å². The Morgan fingerprint density at radius 1 is 0.939 bits per heavy atom. The number of esters is 1. The summed E-state index contributed by atoms with van der Waals surface area (Å²) in [5.74, 6) is 0.110. The van der Waals surface area contributed by atoms with E-state index in [9.17, 15) is 14.7 Å². The topological polar surface area (TPSA) is 173 Å². The number of aromatic amines is 1. The van der Waals surface area contributed by atoms with Crippen molar-refractivity contribution in [2.24, 2.45) is 5.92 Å². The molecular weight excluding hydrogens is 630 g/mol. The fraction of sp³-hybridized carbons (Fsp3) is 0.333. The molecule has 1 aliphatic rings. The number of anilines is 1. The molecule has 0 radical (unpaired) electrons. The monoisotopic (exact) mass is 669 g/mol. The van der Waals surface area contributed by atoms with E-state index in [1.165, 1.54) is 18.0 Å². The highest BCUT2D eigenvalue weighted by atomic mass is 16.6. The van der Waals surface area contributed by atoms with Gasteiger partial charge in [0.25, 0.3) is 5.56 Å². The Kier molecular flexibility index (Phi) is 9.41. The van der Waals surface area contributed by atoms with Gasteiger partial charge in [0.15, 0.2) is 17.4 Å². The Morgan fingerprint density at radius 3 is 2.04 bits per heavy atom. The SMILES string of the molecule is COc1ccc(C(c2ccccc2)(c2ccc(OC)cc2)C(OC(=O)C(C)C)[C@H]2O[C@@H](n3cnc4c(=O)[nH]c(N)nc43)[C@H](OC)[C@@H]2O)cc1. The number of nitrogens with zero attached hydrogens (tertiary/aromatic N) is 3. The molecule has 0 aliphatic carbocycles. The smallest absolute Gasteiger partial charge is 0.308 e. The number of rotatable bonds is 11. The summed E-state index contributed by atoms with van der Waals surface area (Å²) in [5.41, 5.74) is 6.47. The summed E-state index contributed by atoms with van der Waals surface area (Å²) in [7, 11) is 4.60. The first-order chi connectivity index (χ1) is 23.6. The van der Waals surface area contributed by atoms with E-state index in [2.05, 4.69) is 15.0 Å². The number of methoxy groups -OCH3 is 3. The lowest BCUT2D eigenvalue weighted by Gasteiger charge is -2.45. The van der Waals surface area contributed by atoms with Gasteiger partial charge in [-0.25, -0.2) is 4.98 Å². The number of benzene rings is 3. The fourth-order valence-corrected chi connectivity index (χ4v) is 6.60. The Morgan fingerprint density at radius 2 is 1.51 bits per heavy atom. The number of ether oxygens (including phenoxy) is 5. The van der Waals surface area contributed by atoms with Crippen LogP contribution in [0.25, 0.3) is 11.2 Å². The van der Waals surface area contributed by atoms with Crippen LogP contribution in [0.4, 0.5) is 5.95 Å². The zero-order valence-corrected chi connectivity index (χ0v) is 27.8. The van der Waals surface area contributed by atoms with Crippen LogP contribution in [0.3, 0.4) is 0 Å². The summed E-state index contributed by atoms with van der Waals surface area (Å²) in [6.07, 6.45) is -4.42. The van der Waals surface area contributed by atoms with Crippen molar-refractivity contribution in [3.63, 3.8) is 0 Å². The number of aromatic nitrogens is 4. The number of carbonyl (C=O) groups is 1. The van der Waals surface area contributed by atoms with Crippen LogP contribution in [-0.2, 0) is 24.4 Å². The van der Waals surface area contributed by atoms with E-state index in [4.69, 9.17) is 29.4 Å². The number of nitrogens with two attached hydrogens (primary N) is 1. The summed E-state index contributed by atoms with van der Waals surface area (Å²) in [4.78, 5) is 37.4. The molecule has 6 rings (SSSR count). The minimum Gasteiger partial charge on any atom is -0.497 e. The molecule has 1 unspecified atom stereocenters. The van der Waals surface area contributed by atoms with Gasteiger partial charge < -0.3 is 34.5 Å². The van der Waals surface area contributed by atoms with Crippen molar-refractivity contribution >= 4 is 23.1 Å². The second kappa shape index (κ2) is 13.7. The number of aliphatic hydroxyl groups excluding tert-OH is 1. The molecule has 5 aromatic rings. The van der Waals surface area contributed by atoms with Gasteiger partial charge in [-0.3, -0.25) is 19.1 Å². The highest BCUT2D eigenvalue weighted by Crippen LogP contribution is 2.49. The minimum absolute atomic E-state index is 0.0310. The zero-order valence-electron chi connectivity index (χ0n) is 27.8. The number of hydrogen-bond donors (Lipinski definition) is 3. The molecule has 0 bridgehead atoms. The largest absolute Gasteiger partial charge is 0.497 e. The molecule has 0 saturated carbocycles. The minimum atomic E-state index is -1.35. The normalized spacial score (nSPS) is 20.0. The van der Waals surface area contributed by atoms with E-state index in [1.54, 1.807) is 28.1 Å². The highest BCUT2D eigenvalue weighted by molar-refractivity contribution is 5.73. The molecule has 5 atom stereocenters. The fourth-order valence-electron chi connectivity index (χ4n) is 6.60. The lowest BCUT2D eigenvalue weighted by molar-refractivity contribution is -0.171. The van der Waals surface area contributed by atoms with Crippen molar-refractivity contribution < 1.29 is 33.6 Å². The standard InChI is InChI=1S/C36H39N5O8/c1-20(2)34(44)49-30(28-27(42)29(47-5)33(48-28)41-19-38-26-31(41)39-35(37)40-32(26)43)36(21-9-7-6-8-10-21,22-11-15-24(45-3)16-12-22)23-13-17-25(46-4)18-14-23/h6-20,27-30,33,42H,1-5H3,(H3,37,39,40,43)/t27-,28+,29-,30?,33-/m1/s1. The molecule has 4 N–H and O–H groups in total. The molecule has 1 fully saturated rings. The molecule has 0 amide bonds. The van der Waals surface area contributed by atoms with E-state index in [0.29, 0.717) is 11.5 Å². The van der Waals surface area contributed by atoms with Gasteiger partial charge in [0.1, 0.15) is 35.9 Å². The lowest BCUT2D eigenvalue weighted by Crippen LogP contribution is -2.55. The number of nitrogens with one attached hydrogen (secondary N) is 1. The van der Waals surface area contributed by atoms with E-state index < -0.39 is 53.5 Å². The maximum atomic E-state index is 13.8. The first-order valence-corrected chi connectivity index (χ1v) is 15.8. The van der Waals surface area contributed by atoms with E-state index in [-0.39, 0.29) is 17.1 Å². The van der Waals surface area contributed by atoms with Gasteiger partial charge in [0, 0.05) is 7.11 Å². The van der Waals surface area contributed by atoms with Gasteiger partial charge in [-0.1, -0.05) is 68.4 Å². The average molecular weight is 670 g/mol. The number of hydrogen-bond acceptors (Lipinski definition) is 11. The third kappa shape index (κ3) is 5.90. The molecule has 3 heterocycles. The van der Waals surface area contributed by atoms with Gasteiger partial charge in [-0.2, -0.15) is 4.98 Å². The molecule has 256 valence electrons.